The van der Waals surface area contributed by atoms with Crippen molar-refractivity contribution in [2.24, 2.45) is 5.92 Å². The molecule has 0 bridgehead atoms. The Hall–Kier alpha value is -1.35. The van der Waals surface area contributed by atoms with Crippen molar-refractivity contribution in [3.63, 3.8) is 0 Å². The zero-order chi connectivity index (χ0) is 12.1. The number of benzene rings is 1. The van der Waals surface area contributed by atoms with Gasteiger partial charge in [0.05, 0.1) is 11.0 Å². The van der Waals surface area contributed by atoms with Crippen molar-refractivity contribution >= 4 is 11.0 Å². The van der Waals surface area contributed by atoms with Crippen LogP contribution in [0.15, 0.2) is 24.3 Å². The number of aromatic nitrogens is 2. The van der Waals surface area contributed by atoms with Gasteiger partial charge in [0, 0.05) is 18.5 Å². The van der Waals surface area contributed by atoms with Gasteiger partial charge < -0.3 is 9.88 Å². The van der Waals surface area contributed by atoms with Crippen LogP contribution in [0, 0.1) is 5.92 Å². The van der Waals surface area contributed by atoms with E-state index in [0.29, 0.717) is 17.9 Å². The number of fused-ring (bicyclic) bond motifs is 1. The fourth-order valence-electron chi connectivity index (χ4n) is 3.20. The molecular formula is C15H19N3. The highest BCUT2D eigenvalue weighted by atomic mass is 15.1. The lowest BCUT2D eigenvalue weighted by Gasteiger charge is -2.16. The Morgan fingerprint density at radius 3 is 2.78 bits per heavy atom. The van der Waals surface area contributed by atoms with Crippen molar-refractivity contribution in [2.45, 2.75) is 31.7 Å². The molecule has 2 atom stereocenters. The van der Waals surface area contributed by atoms with E-state index in [2.05, 4.69) is 41.1 Å². The van der Waals surface area contributed by atoms with E-state index in [4.69, 9.17) is 4.98 Å². The predicted molar refractivity (Wildman–Crippen MR) is 72.8 cm³/mol. The molecule has 18 heavy (non-hydrogen) atoms. The Bertz CT molecular complexity index is 582. The molecule has 2 aromatic rings. The van der Waals surface area contributed by atoms with Crippen LogP contribution in [0.4, 0.5) is 0 Å². The first-order valence-corrected chi connectivity index (χ1v) is 7.02. The van der Waals surface area contributed by atoms with Crippen molar-refractivity contribution in [1.82, 2.24) is 14.9 Å². The molecule has 3 nitrogen and oxygen atoms in total. The molecule has 2 unspecified atom stereocenters. The van der Waals surface area contributed by atoms with Crippen LogP contribution in [0.25, 0.3) is 11.0 Å². The summed E-state index contributed by atoms with van der Waals surface area (Å²) in [6.07, 6.45) is 2.64. The molecule has 4 rings (SSSR count). The van der Waals surface area contributed by atoms with Crippen LogP contribution in [0.3, 0.4) is 0 Å². The minimum atomic E-state index is 0.581. The highest BCUT2D eigenvalue weighted by molar-refractivity contribution is 5.76. The molecule has 1 aliphatic carbocycles. The zero-order valence-electron chi connectivity index (χ0n) is 10.8. The molecule has 2 fully saturated rings. The number of rotatable bonds is 2. The summed E-state index contributed by atoms with van der Waals surface area (Å²) in [6, 6.07) is 9.29. The third-order valence-electron chi connectivity index (χ3n) is 4.38. The van der Waals surface area contributed by atoms with Crippen molar-refractivity contribution in [1.29, 1.82) is 0 Å². The first-order valence-electron chi connectivity index (χ1n) is 7.02. The standard InChI is InChI=1S/C15H19N3/c1-10-8-16-9-12(10)15-17-13-4-2-3-5-14(13)18(15)11-6-7-11/h2-5,10-12,16H,6-9H2,1H3. The average molecular weight is 241 g/mol. The molecule has 1 saturated carbocycles. The van der Waals surface area contributed by atoms with Gasteiger partial charge in [-0.05, 0) is 37.4 Å². The molecule has 1 aliphatic heterocycles. The molecule has 0 radical (unpaired) electrons. The van der Waals surface area contributed by atoms with Crippen LogP contribution in [0.5, 0.6) is 0 Å². The normalized spacial score (nSPS) is 28.1. The van der Waals surface area contributed by atoms with E-state index in [1.807, 2.05) is 0 Å². The highest BCUT2D eigenvalue weighted by Crippen LogP contribution is 2.41. The van der Waals surface area contributed by atoms with Crippen molar-refractivity contribution < 1.29 is 0 Å². The molecule has 0 amide bonds. The number of hydrogen-bond acceptors (Lipinski definition) is 2. The Morgan fingerprint density at radius 2 is 2.06 bits per heavy atom. The van der Waals surface area contributed by atoms with Gasteiger partial charge in [-0.15, -0.1) is 0 Å². The van der Waals surface area contributed by atoms with Crippen molar-refractivity contribution in [3.05, 3.63) is 30.1 Å². The Kier molecular flexibility index (Phi) is 2.24. The second kappa shape index (κ2) is 3.82. The fourth-order valence-corrected chi connectivity index (χ4v) is 3.20. The third-order valence-corrected chi connectivity index (χ3v) is 4.38. The molecule has 3 heteroatoms. The summed E-state index contributed by atoms with van der Waals surface area (Å²) in [7, 11) is 0. The molecule has 1 aromatic carbocycles. The van der Waals surface area contributed by atoms with Gasteiger partial charge in [0.25, 0.3) is 0 Å². The zero-order valence-corrected chi connectivity index (χ0v) is 10.8. The van der Waals surface area contributed by atoms with Gasteiger partial charge in [0.15, 0.2) is 0 Å². The fraction of sp³-hybridized carbons (Fsp3) is 0.533. The summed E-state index contributed by atoms with van der Waals surface area (Å²) in [4.78, 5) is 4.93. The summed E-state index contributed by atoms with van der Waals surface area (Å²) >= 11 is 0. The summed E-state index contributed by atoms with van der Waals surface area (Å²) < 4.78 is 2.52. The number of imidazole rings is 1. The lowest BCUT2D eigenvalue weighted by molar-refractivity contribution is 0.519. The number of nitrogens with one attached hydrogen (secondary N) is 1. The van der Waals surface area contributed by atoms with Gasteiger partial charge >= 0.3 is 0 Å². The lowest BCUT2D eigenvalue weighted by atomic mass is 9.97. The second-order valence-corrected chi connectivity index (χ2v) is 5.80. The number of hydrogen-bond donors (Lipinski definition) is 1. The van der Waals surface area contributed by atoms with Gasteiger partial charge in [-0.2, -0.15) is 0 Å². The Labute approximate surface area is 107 Å². The van der Waals surface area contributed by atoms with Crippen LogP contribution < -0.4 is 5.32 Å². The number of para-hydroxylation sites is 2. The molecule has 1 N–H and O–H groups in total. The maximum Gasteiger partial charge on any atom is 0.114 e. The Balaban J connectivity index is 1.90. The van der Waals surface area contributed by atoms with E-state index in [1.54, 1.807) is 0 Å². The predicted octanol–water partition coefficient (Wildman–Crippen LogP) is 2.69. The quantitative estimate of drug-likeness (QED) is 0.876. The van der Waals surface area contributed by atoms with E-state index in [0.717, 1.165) is 13.1 Å². The number of nitrogens with zero attached hydrogens (tertiary/aromatic N) is 2. The summed E-state index contributed by atoms with van der Waals surface area (Å²) in [5, 5.41) is 3.50. The van der Waals surface area contributed by atoms with Gasteiger partial charge in [-0.3, -0.25) is 0 Å². The van der Waals surface area contributed by atoms with E-state index >= 15 is 0 Å². The first-order chi connectivity index (χ1) is 8.84. The molecule has 1 saturated heterocycles. The molecule has 94 valence electrons. The monoisotopic (exact) mass is 241 g/mol. The third kappa shape index (κ3) is 1.50. The molecule has 2 aliphatic rings. The average Bonchev–Trinajstić information content (AvgIpc) is 3.01. The van der Waals surface area contributed by atoms with Gasteiger partial charge in [0.1, 0.15) is 5.82 Å². The summed E-state index contributed by atoms with van der Waals surface area (Å²) in [5.41, 5.74) is 2.49. The van der Waals surface area contributed by atoms with Gasteiger partial charge in [-0.1, -0.05) is 19.1 Å². The maximum absolute atomic E-state index is 4.93. The minimum Gasteiger partial charge on any atom is -0.325 e. The molecule has 0 spiro atoms. The van der Waals surface area contributed by atoms with E-state index in [1.165, 1.54) is 29.7 Å². The van der Waals surface area contributed by atoms with E-state index < -0.39 is 0 Å². The SMILES string of the molecule is CC1CNCC1c1nc2ccccc2n1C1CC1. The van der Waals surface area contributed by atoms with Crippen LogP contribution in [-0.4, -0.2) is 22.6 Å². The molecular weight excluding hydrogens is 222 g/mol. The molecule has 2 heterocycles. The minimum absolute atomic E-state index is 0.581. The largest absolute Gasteiger partial charge is 0.325 e. The van der Waals surface area contributed by atoms with Crippen LogP contribution >= 0.6 is 0 Å². The van der Waals surface area contributed by atoms with Gasteiger partial charge in [0.2, 0.25) is 0 Å². The smallest absolute Gasteiger partial charge is 0.114 e. The van der Waals surface area contributed by atoms with E-state index in [9.17, 15) is 0 Å². The van der Waals surface area contributed by atoms with E-state index in [-0.39, 0.29) is 0 Å². The maximum atomic E-state index is 4.93. The lowest BCUT2D eigenvalue weighted by Crippen LogP contribution is -2.14. The van der Waals surface area contributed by atoms with Crippen LogP contribution in [0.2, 0.25) is 0 Å². The summed E-state index contributed by atoms with van der Waals surface area (Å²) in [6.45, 7) is 4.54. The Morgan fingerprint density at radius 1 is 1.22 bits per heavy atom. The summed E-state index contributed by atoms with van der Waals surface area (Å²) in [5.74, 6) is 2.59. The van der Waals surface area contributed by atoms with Crippen molar-refractivity contribution in [3.8, 4) is 0 Å². The van der Waals surface area contributed by atoms with Crippen LogP contribution in [-0.2, 0) is 0 Å². The molecule has 1 aromatic heterocycles. The topological polar surface area (TPSA) is 29.9 Å². The second-order valence-electron chi connectivity index (χ2n) is 5.80. The van der Waals surface area contributed by atoms with Crippen molar-refractivity contribution in [2.75, 3.05) is 13.1 Å². The highest BCUT2D eigenvalue weighted by Gasteiger charge is 2.34. The van der Waals surface area contributed by atoms with Crippen LogP contribution in [0.1, 0.15) is 37.5 Å². The van der Waals surface area contributed by atoms with Gasteiger partial charge in [-0.25, -0.2) is 4.98 Å². The first kappa shape index (κ1) is 10.6.